The Morgan fingerprint density at radius 2 is 2.20 bits per heavy atom. The molecular formula is C19H27N3O3. The molecule has 0 spiro atoms. The maximum atomic E-state index is 12.6. The maximum Gasteiger partial charge on any atom is 0.228 e. The molecule has 2 aliphatic heterocycles. The molecule has 0 aromatic heterocycles. The van der Waals surface area contributed by atoms with Crippen molar-refractivity contribution in [3.63, 3.8) is 0 Å². The Balaban J connectivity index is 1.57. The lowest BCUT2D eigenvalue weighted by Crippen LogP contribution is -2.49. The lowest BCUT2D eigenvalue weighted by Gasteiger charge is -2.34. The molecule has 2 aliphatic rings. The smallest absolute Gasteiger partial charge is 0.228 e. The topological polar surface area (TPSA) is 70.7 Å². The van der Waals surface area contributed by atoms with Crippen LogP contribution < -0.4 is 10.6 Å². The van der Waals surface area contributed by atoms with Crippen molar-refractivity contribution in [2.45, 2.75) is 32.3 Å². The molecule has 2 N–H and O–H groups in total. The summed E-state index contributed by atoms with van der Waals surface area (Å²) in [4.78, 5) is 26.9. The van der Waals surface area contributed by atoms with Gasteiger partial charge in [0, 0.05) is 38.3 Å². The molecule has 0 unspecified atom stereocenters. The third kappa shape index (κ3) is 4.58. The highest BCUT2D eigenvalue weighted by Crippen LogP contribution is 2.31. The van der Waals surface area contributed by atoms with E-state index >= 15 is 0 Å². The molecule has 0 aliphatic carbocycles. The summed E-state index contributed by atoms with van der Waals surface area (Å²) in [5.41, 5.74) is 1.61. The second-order valence-electron chi connectivity index (χ2n) is 7.28. The molecule has 25 heavy (non-hydrogen) atoms. The van der Waals surface area contributed by atoms with E-state index in [1.54, 1.807) is 0 Å². The number of anilines is 1. The quantitative estimate of drug-likeness (QED) is 0.850. The molecule has 136 valence electrons. The highest BCUT2D eigenvalue weighted by molar-refractivity contribution is 6.01. The fraction of sp³-hybridized carbons (Fsp3) is 0.579. The Morgan fingerprint density at radius 1 is 1.40 bits per heavy atom. The van der Waals surface area contributed by atoms with E-state index < -0.39 is 5.92 Å². The summed E-state index contributed by atoms with van der Waals surface area (Å²) in [5.74, 6) is -0.0336. The number of ether oxygens (including phenoxy) is 1. The van der Waals surface area contributed by atoms with Crippen molar-refractivity contribution in [2.24, 2.45) is 5.92 Å². The van der Waals surface area contributed by atoms with Crippen molar-refractivity contribution in [2.75, 3.05) is 38.1 Å². The lowest BCUT2D eigenvalue weighted by atomic mass is 9.90. The van der Waals surface area contributed by atoms with Crippen LogP contribution in [0.4, 0.5) is 5.69 Å². The summed E-state index contributed by atoms with van der Waals surface area (Å²) >= 11 is 0. The predicted octanol–water partition coefficient (Wildman–Crippen LogP) is 1.59. The van der Waals surface area contributed by atoms with Gasteiger partial charge in [-0.2, -0.15) is 0 Å². The number of hydrogen-bond donors (Lipinski definition) is 2. The zero-order chi connectivity index (χ0) is 17.8. The highest BCUT2D eigenvalue weighted by atomic mass is 16.5. The summed E-state index contributed by atoms with van der Waals surface area (Å²) in [6, 6.07) is 7.49. The van der Waals surface area contributed by atoms with E-state index in [0.29, 0.717) is 19.1 Å². The minimum absolute atomic E-state index is 0.00381. The summed E-state index contributed by atoms with van der Waals surface area (Å²) in [6.45, 7) is 8.41. The van der Waals surface area contributed by atoms with E-state index in [1.807, 2.05) is 24.3 Å². The molecule has 6 heteroatoms. The second kappa shape index (κ2) is 7.97. The Bertz CT molecular complexity index is 632. The van der Waals surface area contributed by atoms with Crippen molar-refractivity contribution in [3.05, 3.63) is 29.8 Å². The number of amides is 2. The van der Waals surface area contributed by atoms with Crippen molar-refractivity contribution in [1.29, 1.82) is 0 Å². The number of morpholine rings is 1. The number of benzene rings is 1. The van der Waals surface area contributed by atoms with Crippen molar-refractivity contribution in [3.8, 4) is 0 Å². The van der Waals surface area contributed by atoms with Crippen LogP contribution in [-0.4, -0.2) is 55.6 Å². The molecule has 0 bridgehead atoms. The molecule has 2 atom stereocenters. The van der Waals surface area contributed by atoms with Crippen LogP contribution >= 0.6 is 0 Å². The van der Waals surface area contributed by atoms with Crippen LogP contribution in [0.5, 0.6) is 0 Å². The molecule has 1 aromatic carbocycles. The van der Waals surface area contributed by atoms with Crippen LogP contribution in [0.2, 0.25) is 0 Å². The highest BCUT2D eigenvalue weighted by Gasteiger charge is 2.31. The van der Waals surface area contributed by atoms with E-state index in [9.17, 15) is 9.59 Å². The maximum absolute atomic E-state index is 12.6. The van der Waals surface area contributed by atoms with Crippen LogP contribution in [0.3, 0.4) is 0 Å². The van der Waals surface area contributed by atoms with E-state index in [2.05, 4.69) is 29.4 Å². The lowest BCUT2D eigenvalue weighted by molar-refractivity contribution is -0.127. The van der Waals surface area contributed by atoms with Crippen LogP contribution in [0.15, 0.2) is 24.3 Å². The Hall–Kier alpha value is -1.92. The van der Waals surface area contributed by atoms with Gasteiger partial charge in [0.15, 0.2) is 0 Å². The predicted molar refractivity (Wildman–Crippen MR) is 96.5 cm³/mol. The van der Waals surface area contributed by atoms with Crippen molar-refractivity contribution in [1.82, 2.24) is 10.2 Å². The van der Waals surface area contributed by atoms with E-state index in [1.165, 1.54) is 0 Å². The zero-order valence-corrected chi connectivity index (χ0v) is 15.0. The minimum Gasteiger partial charge on any atom is -0.374 e. The molecular weight excluding hydrogens is 318 g/mol. The number of rotatable bonds is 5. The molecule has 3 rings (SSSR count). The fourth-order valence-electron chi connectivity index (χ4n) is 3.57. The summed E-state index contributed by atoms with van der Waals surface area (Å²) in [7, 11) is 0. The number of hydrogen-bond acceptors (Lipinski definition) is 4. The van der Waals surface area contributed by atoms with Crippen LogP contribution in [0, 0.1) is 5.92 Å². The Kier molecular flexibility index (Phi) is 5.71. The van der Waals surface area contributed by atoms with Crippen LogP contribution in [-0.2, 0) is 14.3 Å². The van der Waals surface area contributed by atoms with Crippen LogP contribution in [0.25, 0.3) is 0 Å². The van der Waals surface area contributed by atoms with Gasteiger partial charge in [0.2, 0.25) is 11.8 Å². The first kappa shape index (κ1) is 17.9. The number of carbonyl (C=O) groups excluding carboxylic acids is 2. The first-order valence-corrected chi connectivity index (χ1v) is 9.03. The number of fused-ring (bicyclic) bond motifs is 1. The van der Waals surface area contributed by atoms with Gasteiger partial charge in [-0.05, 0) is 17.5 Å². The van der Waals surface area contributed by atoms with Gasteiger partial charge in [-0.15, -0.1) is 0 Å². The third-order valence-corrected chi connectivity index (χ3v) is 4.67. The standard InChI is InChI=1S/C19H27N3O3/c1-13(2)11-22-7-8-25-14(12-22)10-20-19(24)16-9-18(23)21-17-6-4-3-5-15(16)17/h3-6,13-14,16H,7-12H2,1-2H3,(H,20,24)(H,21,23)/t14-,16+/m1/s1. The van der Waals surface area contributed by atoms with E-state index in [-0.39, 0.29) is 24.3 Å². The van der Waals surface area contributed by atoms with Crippen molar-refractivity contribution >= 4 is 17.5 Å². The SMILES string of the molecule is CC(C)CN1CCO[C@H](CNC(=O)[C@H]2CC(=O)Nc3ccccc32)C1. The number of nitrogens with one attached hydrogen (secondary N) is 2. The molecule has 1 saturated heterocycles. The first-order chi connectivity index (χ1) is 12.0. The fourth-order valence-corrected chi connectivity index (χ4v) is 3.57. The van der Waals surface area contributed by atoms with Gasteiger partial charge in [0.25, 0.3) is 0 Å². The monoisotopic (exact) mass is 345 g/mol. The molecule has 1 aromatic rings. The molecule has 0 radical (unpaired) electrons. The van der Waals surface area contributed by atoms with Crippen molar-refractivity contribution < 1.29 is 14.3 Å². The average molecular weight is 345 g/mol. The van der Waals surface area contributed by atoms with E-state index in [4.69, 9.17) is 4.74 Å². The summed E-state index contributed by atoms with van der Waals surface area (Å²) < 4.78 is 5.78. The molecule has 0 saturated carbocycles. The second-order valence-corrected chi connectivity index (χ2v) is 7.28. The summed E-state index contributed by atoms with van der Waals surface area (Å²) in [6.07, 6.45) is 0.192. The Labute approximate surface area is 148 Å². The Morgan fingerprint density at radius 3 is 3.00 bits per heavy atom. The average Bonchev–Trinajstić information content (AvgIpc) is 2.58. The van der Waals surface area contributed by atoms with Gasteiger partial charge >= 0.3 is 0 Å². The molecule has 2 heterocycles. The first-order valence-electron chi connectivity index (χ1n) is 9.03. The van der Waals surface area contributed by atoms with E-state index in [0.717, 1.165) is 30.9 Å². The number of para-hydroxylation sites is 1. The number of nitrogens with zero attached hydrogens (tertiary/aromatic N) is 1. The third-order valence-electron chi connectivity index (χ3n) is 4.67. The largest absolute Gasteiger partial charge is 0.374 e. The van der Waals surface area contributed by atoms with Gasteiger partial charge < -0.3 is 15.4 Å². The zero-order valence-electron chi connectivity index (χ0n) is 15.0. The minimum atomic E-state index is -0.430. The summed E-state index contributed by atoms with van der Waals surface area (Å²) in [5, 5.41) is 5.81. The molecule has 2 amide bonds. The van der Waals surface area contributed by atoms with Gasteiger partial charge in [-0.3, -0.25) is 14.5 Å². The van der Waals surface area contributed by atoms with Gasteiger partial charge in [-0.1, -0.05) is 32.0 Å². The van der Waals surface area contributed by atoms with Gasteiger partial charge in [0.05, 0.1) is 18.6 Å². The molecule has 1 fully saturated rings. The number of carbonyl (C=O) groups is 2. The normalized spacial score (nSPS) is 23.9. The van der Waals surface area contributed by atoms with Crippen LogP contribution in [0.1, 0.15) is 31.7 Å². The molecule has 6 nitrogen and oxygen atoms in total. The van der Waals surface area contributed by atoms with Gasteiger partial charge in [0.1, 0.15) is 0 Å². The van der Waals surface area contributed by atoms with Gasteiger partial charge in [-0.25, -0.2) is 0 Å².